The van der Waals surface area contributed by atoms with Gasteiger partial charge in [-0.1, -0.05) is 82.3 Å². The number of nitrogens with zero attached hydrogens (tertiary/aromatic N) is 5. The smallest absolute Gasteiger partial charge is 0.141 e. The van der Waals surface area contributed by atoms with E-state index in [9.17, 15) is 0 Å². The molecule has 0 unspecified atom stereocenters. The van der Waals surface area contributed by atoms with Crippen LogP contribution in [0.1, 0.15) is 61.1 Å². The molecular weight excluding hydrogens is 613 g/mol. The summed E-state index contributed by atoms with van der Waals surface area (Å²) < 4.78 is 4.71. The lowest BCUT2D eigenvalue weighted by Gasteiger charge is -2.33. The molecule has 6 nitrogen and oxygen atoms in total. The van der Waals surface area contributed by atoms with Gasteiger partial charge in [0.1, 0.15) is 17.5 Å². The van der Waals surface area contributed by atoms with E-state index >= 15 is 0 Å². The first-order valence-corrected chi connectivity index (χ1v) is 17.4. The quantitative estimate of drug-likeness (QED) is 0.204. The number of pyridine rings is 2. The number of nitrogens with one attached hydrogen (secondary N) is 1. The number of benzene rings is 4. The van der Waals surface area contributed by atoms with Gasteiger partial charge in [0.15, 0.2) is 0 Å². The van der Waals surface area contributed by atoms with Crippen molar-refractivity contribution in [2.75, 3.05) is 6.54 Å². The standard InChI is InChI=1S/C44H34N6/c1-43(2)32-11-5-9-28-30-21-25(15-17-36(30)49(38(28)32)41-34(43)13-7-19-45-41)27-23-47-40(48-24-27)26-16-18-37-31(22-26)29-10-6-12-33-39(29)50(37)42-35(44(33,3)4)14-8-20-46-42/h5-23H,24H2,1-4H3,(H,47,48). The molecule has 0 aliphatic carbocycles. The summed E-state index contributed by atoms with van der Waals surface area (Å²) in [6.45, 7) is 9.83. The maximum Gasteiger partial charge on any atom is 0.141 e. The summed E-state index contributed by atoms with van der Waals surface area (Å²) in [4.78, 5) is 14.9. The van der Waals surface area contributed by atoms with Crippen LogP contribution in [-0.2, 0) is 10.8 Å². The third-order valence-electron chi connectivity index (χ3n) is 11.7. The number of hydrogen-bond donors (Lipinski definition) is 1. The molecule has 7 heterocycles. The van der Waals surface area contributed by atoms with Crippen molar-refractivity contribution in [1.29, 1.82) is 0 Å². The average molecular weight is 647 g/mol. The maximum absolute atomic E-state index is 5.10. The zero-order valence-corrected chi connectivity index (χ0v) is 28.4. The minimum absolute atomic E-state index is 0.133. The van der Waals surface area contributed by atoms with Gasteiger partial charge in [-0.2, -0.15) is 0 Å². The van der Waals surface area contributed by atoms with Crippen molar-refractivity contribution in [3.63, 3.8) is 0 Å². The molecule has 11 rings (SSSR count). The minimum Gasteiger partial charge on any atom is -0.346 e. The van der Waals surface area contributed by atoms with Gasteiger partial charge in [-0.05, 0) is 64.7 Å². The van der Waals surface area contributed by atoms with Crippen LogP contribution in [0.25, 0.3) is 60.8 Å². The van der Waals surface area contributed by atoms with Crippen LogP contribution in [-0.4, -0.2) is 31.5 Å². The van der Waals surface area contributed by atoms with Gasteiger partial charge < -0.3 is 5.32 Å². The molecule has 1 N–H and O–H groups in total. The molecule has 0 spiro atoms. The Balaban J connectivity index is 0.986. The van der Waals surface area contributed by atoms with Gasteiger partial charge in [0.05, 0.1) is 28.6 Å². The molecule has 0 fully saturated rings. The van der Waals surface area contributed by atoms with Gasteiger partial charge in [0, 0.05) is 67.7 Å². The van der Waals surface area contributed by atoms with E-state index < -0.39 is 0 Å². The Labute approximate surface area is 289 Å². The first kappa shape index (κ1) is 27.9. The van der Waals surface area contributed by atoms with Gasteiger partial charge in [0.25, 0.3) is 0 Å². The second kappa shape index (κ2) is 9.36. The fourth-order valence-corrected chi connectivity index (χ4v) is 9.11. The lowest BCUT2D eigenvalue weighted by atomic mass is 9.76. The van der Waals surface area contributed by atoms with Crippen LogP contribution in [0.5, 0.6) is 0 Å². The van der Waals surface area contributed by atoms with Crippen LogP contribution < -0.4 is 5.32 Å². The second-order valence-electron chi connectivity index (χ2n) is 15.0. The molecule has 3 aliphatic heterocycles. The molecular formula is C44H34N6. The van der Waals surface area contributed by atoms with E-state index in [0.717, 1.165) is 23.0 Å². The number of para-hydroxylation sites is 2. The third-order valence-corrected chi connectivity index (χ3v) is 11.7. The molecule has 4 aromatic carbocycles. The molecule has 50 heavy (non-hydrogen) atoms. The van der Waals surface area contributed by atoms with Gasteiger partial charge >= 0.3 is 0 Å². The predicted octanol–water partition coefficient (Wildman–Crippen LogP) is 9.34. The molecule has 240 valence electrons. The van der Waals surface area contributed by atoms with Crippen molar-refractivity contribution >= 4 is 55.0 Å². The lowest BCUT2D eigenvalue weighted by Crippen LogP contribution is -2.26. The minimum atomic E-state index is -0.138. The molecule has 4 aromatic heterocycles. The number of fused-ring (bicyclic) bond motifs is 10. The molecule has 0 radical (unpaired) electrons. The SMILES string of the molecule is CC1(C)c2cccnc2-n2c3ccc(C4=CNC(c5ccc6c(c5)c5cccc7c5n6-c5ncccc5C7(C)C)=NC4)cc3c3cccc1c32. The van der Waals surface area contributed by atoms with Crippen LogP contribution in [0.3, 0.4) is 0 Å². The molecule has 0 atom stereocenters. The normalized spacial score (nSPS) is 16.6. The Morgan fingerprint density at radius 1 is 0.560 bits per heavy atom. The number of rotatable bonds is 2. The van der Waals surface area contributed by atoms with Crippen molar-refractivity contribution in [2.24, 2.45) is 4.99 Å². The summed E-state index contributed by atoms with van der Waals surface area (Å²) in [5, 5.41) is 8.53. The topological polar surface area (TPSA) is 60.0 Å². The Bertz CT molecular complexity index is 2680. The Morgan fingerprint density at radius 3 is 1.62 bits per heavy atom. The summed E-state index contributed by atoms with van der Waals surface area (Å²) in [5.41, 5.74) is 13.2. The van der Waals surface area contributed by atoms with Crippen molar-refractivity contribution in [3.05, 3.63) is 149 Å². The summed E-state index contributed by atoms with van der Waals surface area (Å²) in [6, 6.07) is 35.5. The van der Waals surface area contributed by atoms with E-state index in [2.05, 4.69) is 139 Å². The monoisotopic (exact) mass is 646 g/mol. The van der Waals surface area contributed by atoms with E-state index in [1.807, 2.05) is 18.5 Å². The highest BCUT2D eigenvalue weighted by molar-refractivity contribution is 6.15. The Hall–Kier alpha value is -6.01. The number of aromatic nitrogens is 4. The van der Waals surface area contributed by atoms with Gasteiger partial charge in [0.2, 0.25) is 0 Å². The van der Waals surface area contributed by atoms with E-state index in [1.54, 1.807) is 0 Å². The highest BCUT2D eigenvalue weighted by Gasteiger charge is 2.37. The number of amidine groups is 1. The highest BCUT2D eigenvalue weighted by atomic mass is 15.1. The van der Waals surface area contributed by atoms with Crippen molar-refractivity contribution < 1.29 is 0 Å². The summed E-state index contributed by atoms with van der Waals surface area (Å²) in [7, 11) is 0. The van der Waals surface area contributed by atoms with Crippen LogP contribution in [0.2, 0.25) is 0 Å². The highest BCUT2D eigenvalue weighted by Crippen LogP contribution is 2.48. The maximum atomic E-state index is 5.10. The molecule has 3 aliphatic rings. The Kier molecular flexibility index (Phi) is 5.22. The summed E-state index contributed by atoms with van der Waals surface area (Å²) >= 11 is 0. The van der Waals surface area contributed by atoms with Gasteiger partial charge in [-0.25, -0.2) is 9.97 Å². The fraction of sp³-hybridized carbons (Fsp3) is 0.159. The van der Waals surface area contributed by atoms with Gasteiger partial charge in [-0.3, -0.25) is 14.1 Å². The van der Waals surface area contributed by atoms with Crippen LogP contribution in [0, 0.1) is 0 Å². The second-order valence-corrected chi connectivity index (χ2v) is 15.0. The van der Waals surface area contributed by atoms with E-state index in [0.29, 0.717) is 6.54 Å². The van der Waals surface area contributed by atoms with Crippen molar-refractivity contribution in [2.45, 2.75) is 38.5 Å². The molecule has 0 saturated heterocycles. The van der Waals surface area contributed by atoms with Gasteiger partial charge in [-0.15, -0.1) is 0 Å². The average Bonchev–Trinajstić information content (AvgIpc) is 3.66. The Morgan fingerprint density at radius 2 is 1.08 bits per heavy atom. The summed E-state index contributed by atoms with van der Waals surface area (Å²) in [6.07, 6.45) is 5.94. The largest absolute Gasteiger partial charge is 0.346 e. The van der Waals surface area contributed by atoms with E-state index in [4.69, 9.17) is 15.0 Å². The van der Waals surface area contributed by atoms with Crippen LogP contribution in [0.15, 0.2) is 121 Å². The molecule has 0 amide bonds. The molecule has 0 bridgehead atoms. The zero-order valence-electron chi connectivity index (χ0n) is 28.4. The first-order valence-electron chi connectivity index (χ1n) is 17.4. The van der Waals surface area contributed by atoms with Crippen LogP contribution >= 0.6 is 0 Å². The van der Waals surface area contributed by atoms with E-state index in [1.165, 1.54) is 77.0 Å². The fourth-order valence-electron chi connectivity index (χ4n) is 9.11. The predicted molar refractivity (Wildman–Crippen MR) is 204 cm³/mol. The zero-order chi connectivity index (χ0) is 33.5. The third kappa shape index (κ3) is 3.40. The van der Waals surface area contributed by atoms with Crippen molar-refractivity contribution in [3.8, 4) is 11.6 Å². The lowest BCUT2D eigenvalue weighted by molar-refractivity contribution is 0.624. The van der Waals surface area contributed by atoms with Crippen LogP contribution in [0.4, 0.5) is 0 Å². The summed E-state index contributed by atoms with van der Waals surface area (Å²) in [5.74, 6) is 2.94. The van der Waals surface area contributed by atoms with E-state index in [-0.39, 0.29) is 10.8 Å². The first-order chi connectivity index (χ1) is 24.3. The number of hydrogen-bond acceptors (Lipinski definition) is 4. The molecule has 8 aromatic rings. The number of aliphatic imine (C=N–C) groups is 1. The van der Waals surface area contributed by atoms with Crippen molar-refractivity contribution in [1.82, 2.24) is 24.4 Å². The molecule has 0 saturated carbocycles. The molecule has 6 heteroatoms.